The molecule has 0 N–H and O–H groups in total. The first-order valence-corrected chi connectivity index (χ1v) is 7.46. The van der Waals surface area contributed by atoms with Crippen molar-refractivity contribution < 1.29 is 0 Å². The van der Waals surface area contributed by atoms with Gasteiger partial charge in [-0.2, -0.15) is 4.52 Å². The highest BCUT2D eigenvalue weighted by Crippen LogP contribution is 2.30. The SMILES string of the molecule is Clc1cccc2c1cnc1c(-c3ccccc3Br)nnn12. The van der Waals surface area contributed by atoms with E-state index in [0.29, 0.717) is 10.7 Å². The Morgan fingerprint density at radius 3 is 2.76 bits per heavy atom. The molecule has 0 fully saturated rings. The van der Waals surface area contributed by atoms with Gasteiger partial charge >= 0.3 is 0 Å². The Labute approximate surface area is 133 Å². The van der Waals surface area contributed by atoms with Crippen LogP contribution in [0, 0.1) is 0 Å². The Kier molecular flexibility index (Phi) is 2.90. The summed E-state index contributed by atoms with van der Waals surface area (Å²) in [5, 5.41) is 10.0. The maximum atomic E-state index is 6.20. The Morgan fingerprint density at radius 1 is 1.05 bits per heavy atom. The number of halogens is 2. The van der Waals surface area contributed by atoms with E-state index in [1.54, 1.807) is 10.7 Å². The van der Waals surface area contributed by atoms with Crippen molar-refractivity contribution in [3.8, 4) is 11.3 Å². The van der Waals surface area contributed by atoms with E-state index in [-0.39, 0.29) is 0 Å². The standard InChI is InChI=1S/C15H8BrClN4/c16-11-5-2-1-4-9(11)14-15-18-8-10-12(17)6-3-7-13(10)21(15)20-19-14/h1-8H. The van der Waals surface area contributed by atoms with Crippen LogP contribution in [-0.4, -0.2) is 19.8 Å². The maximum Gasteiger partial charge on any atom is 0.184 e. The molecule has 4 rings (SSSR count). The number of aromatic nitrogens is 4. The molecule has 102 valence electrons. The summed E-state index contributed by atoms with van der Waals surface area (Å²) in [6, 6.07) is 13.6. The summed E-state index contributed by atoms with van der Waals surface area (Å²) < 4.78 is 2.68. The summed E-state index contributed by atoms with van der Waals surface area (Å²) in [5.41, 5.74) is 3.29. The molecular weight excluding hydrogens is 352 g/mol. The van der Waals surface area contributed by atoms with Crippen molar-refractivity contribution in [1.82, 2.24) is 19.8 Å². The van der Waals surface area contributed by atoms with Gasteiger partial charge in [0.2, 0.25) is 0 Å². The molecule has 0 atom stereocenters. The molecule has 0 bridgehead atoms. The Bertz CT molecular complexity index is 980. The molecule has 2 aromatic heterocycles. The van der Waals surface area contributed by atoms with Crippen molar-refractivity contribution in [2.45, 2.75) is 0 Å². The molecule has 0 aliphatic heterocycles. The van der Waals surface area contributed by atoms with Crippen LogP contribution in [0.25, 0.3) is 27.8 Å². The van der Waals surface area contributed by atoms with Gasteiger partial charge in [0.05, 0.1) is 10.5 Å². The lowest BCUT2D eigenvalue weighted by Crippen LogP contribution is -1.93. The Morgan fingerprint density at radius 2 is 1.90 bits per heavy atom. The molecule has 0 aliphatic carbocycles. The first-order chi connectivity index (χ1) is 10.3. The van der Waals surface area contributed by atoms with Crippen molar-refractivity contribution in [2.24, 2.45) is 0 Å². The molecule has 2 heterocycles. The van der Waals surface area contributed by atoms with Crippen LogP contribution < -0.4 is 0 Å². The van der Waals surface area contributed by atoms with Crippen molar-refractivity contribution in [3.05, 3.63) is 58.2 Å². The van der Waals surface area contributed by atoms with Crippen LogP contribution in [0.1, 0.15) is 0 Å². The van der Waals surface area contributed by atoms with E-state index in [2.05, 4.69) is 31.2 Å². The third-order valence-corrected chi connectivity index (χ3v) is 4.37. The molecular formula is C15H8BrClN4. The quantitative estimate of drug-likeness (QED) is 0.507. The van der Waals surface area contributed by atoms with Gasteiger partial charge in [-0.05, 0) is 18.2 Å². The second-order valence-electron chi connectivity index (χ2n) is 4.58. The average Bonchev–Trinajstić information content (AvgIpc) is 2.92. The number of fused-ring (bicyclic) bond motifs is 3. The monoisotopic (exact) mass is 358 g/mol. The average molecular weight is 360 g/mol. The molecule has 0 unspecified atom stereocenters. The lowest BCUT2D eigenvalue weighted by molar-refractivity contribution is 0.876. The van der Waals surface area contributed by atoms with E-state index in [1.165, 1.54) is 0 Å². The van der Waals surface area contributed by atoms with Crippen LogP contribution in [0.15, 0.2) is 53.1 Å². The van der Waals surface area contributed by atoms with Gasteiger partial charge in [0.15, 0.2) is 5.65 Å². The van der Waals surface area contributed by atoms with Crippen molar-refractivity contribution >= 4 is 44.1 Å². The van der Waals surface area contributed by atoms with Crippen LogP contribution in [0.3, 0.4) is 0 Å². The van der Waals surface area contributed by atoms with E-state index >= 15 is 0 Å². The summed E-state index contributed by atoms with van der Waals surface area (Å²) in [5.74, 6) is 0. The number of nitrogens with zero attached hydrogens (tertiary/aromatic N) is 4. The van der Waals surface area contributed by atoms with Gasteiger partial charge in [0.1, 0.15) is 5.69 Å². The van der Waals surface area contributed by atoms with Crippen molar-refractivity contribution in [1.29, 1.82) is 0 Å². The molecule has 21 heavy (non-hydrogen) atoms. The second kappa shape index (κ2) is 4.79. The second-order valence-corrected chi connectivity index (χ2v) is 5.85. The van der Waals surface area contributed by atoms with Crippen LogP contribution >= 0.6 is 27.5 Å². The molecule has 0 saturated carbocycles. The third kappa shape index (κ3) is 1.92. The summed E-state index contributed by atoms with van der Waals surface area (Å²) in [7, 11) is 0. The van der Waals surface area contributed by atoms with E-state index in [4.69, 9.17) is 11.6 Å². The van der Waals surface area contributed by atoms with E-state index < -0.39 is 0 Å². The molecule has 0 saturated heterocycles. The summed E-state index contributed by atoms with van der Waals surface area (Å²) >= 11 is 9.74. The minimum atomic E-state index is 0.653. The summed E-state index contributed by atoms with van der Waals surface area (Å²) in [6.45, 7) is 0. The van der Waals surface area contributed by atoms with Crippen LogP contribution in [-0.2, 0) is 0 Å². The zero-order valence-corrected chi connectivity index (χ0v) is 13.0. The lowest BCUT2D eigenvalue weighted by Gasteiger charge is -2.03. The van der Waals surface area contributed by atoms with E-state index in [9.17, 15) is 0 Å². The zero-order chi connectivity index (χ0) is 14.4. The molecule has 2 aromatic carbocycles. The highest BCUT2D eigenvalue weighted by atomic mass is 79.9. The molecule has 0 amide bonds. The van der Waals surface area contributed by atoms with Gasteiger partial charge in [-0.1, -0.05) is 57.0 Å². The fraction of sp³-hybridized carbons (Fsp3) is 0. The predicted molar refractivity (Wildman–Crippen MR) is 86.4 cm³/mol. The van der Waals surface area contributed by atoms with Gasteiger partial charge in [0.25, 0.3) is 0 Å². The van der Waals surface area contributed by atoms with E-state index in [1.807, 2.05) is 42.5 Å². The number of hydrogen-bond donors (Lipinski definition) is 0. The van der Waals surface area contributed by atoms with Crippen molar-refractivity contribution in [3.63, 3.8) is 0 Å². The summed E-state index contributed by atoms with van der Waals surface area (Å²) in [6.07, 6.45) is 1.76. The topological polar surface area (TPSA) is 43.1 Å². The van der Waals surface area contributed by atoms with Gasteiger partial charge in [-0.25, -0.2) is 4.98 Å². The zero-order valence-electron chi connectivity index (χ0n) is 10.7. The highest BCUT2D eigenvalue weighted by molar-refractivity contribution is 9.10. The Balaban J connectivity index is 2.08. The third-order valence-electron chi connectivity index (χ3n) is 3.35. The van der Waals surface area contributed by atoms with Gasteiger partial charge in [-0.3, -0.25) is 0 Å². The van der Waals surface area contributed by atoms with Crippen LogP contribution in [0.4, 0.5) is 0 Å². The number of hydrogen-bond acceptors (Lipinski definition) is 3. The van der Waals surface area contributed by atoms with Crippen LogP contribution in [0.2, 0.25) is 5.02 Å². The fourth-order valence-electron chi connectivity index (χ4n) is 2.35. The fourth-order valence-corrected chi connectivity index (χ4v) is 3.04. The molecule has 0 spiro atoms. The molecule has 0 aliphatic rings. The summed E-state index contributed by atoms with van der Waals surface area (Å²) in [4.78, 5) is 4.48. The number of rotatable bonds is 1. The molecule has 6 heteroatoms. The van der Waals surface area contributed by atoms with E-state index in [0.717, 1.165) is 26.6 Å². The lowest BCUT2D eigenvalue weighted by atomic mass is 10.1. The van der Waals surface area contributed by atoms with Crippen molar-refractivity contribution in [2.75, 3.05) is 0 Å². The highest BCUT2D eigenvalue weighted by Gasteiger charge is 2.14. The molecule has 0 radical (unpaired) electrons. The maximum absolute atomic E-state index is 6.20. The van der Waals surface area contributed by atoms with Crippen LogP contribution in [0.5, 0.6) is 0 Å². The first kappa shape index (κ1) is 12.7. The van der Waals surface area contributed by atoms with Gasteiger partial charge in [0, 0.05) is 21.6 Å². The largest absolute Gasteiger partial charge is 0.234 e. The molecule has 4 aromatic rings. The van der Waals surface area contributed by atoms with Gasteiger partial charge < -0.3 is 0 Å². The molecule has 4 nitrogen and oxygen atoms in total. The van der Waals surface area contributed by atoms with Gasteiger partial charge in [-0.15, -0.1) is 5.10 Å². The predicted octanol–water partition coefficient (Wildman–Crippen LogP) is 4.36. The Hall–Kier alpha value is -1.98. The normalized spacial score (nSPS) is 11.3. The first-order valence-electron chi connectivity index (χ1n) is 6.29. The minimum Gasteiger partial charge on any atom is -0.234 e. The number of benzene rings is 2. The smallest absolute Gasteiger partial charge is 0.184 e. The minimum absolute atomic E-state index is 0.653.